The summed E-state index contributed by atoms with van der Waals surface area (Å²) in [5.41, 5.74) is 2.56. The Hall–Kier alpha value is -4.19. The van der Waals surface area contributed by atoms with E-state index in [1.807, 2.05) is 30.3 Å². The number of ketones is 2. The zero-order valence-electron chi connectivity index (χ0n) is 18.5. The number of ether oxygens (including phenoxy) is 3. The molecular formula is C27H22O6. The number of carbonyl (C=O) groups is 3. The van der Waals surface area contributed by atoms with Gasteiger partial charge in [0, 0.05) is 16.7 Å². The van der Waals surface area contributed by atoms with E-state index in [1.165, 1.54) is 20.3 Å². The molecule has 6 heteroatoms. The van der Waals surface area contributed by atoms with E-state index in [4.69, 9.17) is 14.2 Å². The number of Topliss-reactive ketones (excluding diaryl/α,β-unsaturated/α-hetero) is 1. The average Bonchev–Trinajstić information content (AvgIpc) is 2.84. The fourth-order valence-corrected chi connectivity index (χ4v) is 3.89. The molecule has 3 aromatic rings. The Morgan fingerprint density at radius 1 is 0.879 bits per heavy atom. The molecule has 0 saturated heterocycles. The predicted molar refractivity (Wildman–Crippen MR) is 123 cm³/mol. The molecule has 0 N–H and O–H groups in total. The molecule has 0 aromatic heterocycles. The van der Waals surface area contributed by atoms with E-state index in [2.05, 4.69) is 0 Å². The van der Waals surface area contributed by atoms with Crippen molar-refractivity contribution in [1.29, 1.82) is 0 Å². The molecule has 0 fully saturated rings. The van der Waals surface area contributed by atoms with E-state index in [9.17, 15) is 14.4 Å². The number of aryl methyl sites for hydroxylation is 1. The summed E-state index contributed by atoms with van der Waals surface area (Å²) in [6, 6.07) is 17.8. The summed E-state index contributed by atoms with van der Waals surface area (Å²) < 4.78 is 16.3. The van der Waals surface area contributed by atoms with Gasteiger partial charge in [0.15, 0.2) is 11.6 Å². The molecular weight excluding hydrogens is 420 g/mol. The lowest BCUT2D eigenvalue weighted by atomic mass is 9.83. The van der Waals surface area contributed by atoms with Gasteiger partial charge >= 0.3 is 5.97 Å². The van der Waals surface area contributed by atoms with Crippen LogP contribution in [0, 0.1) is 6.92 Å². The van der Waals surface area contributed by atoms with Crippen molar-refractivity contribution >= 4 is 23.1 Å². The maximum Gasteiger partial charge on any atom is 0.338 e. The summed E-state index contributed by atoms with van der Waals surface area (Å²) in [6.45, 7) is 2.06. The van der Waals surface area contributed by atoms with Gasteiger partial charge in [0.2, 0.25) is 0 Å². The molecule has 6 nitrogen and oxygen atoms in total. The third-order valence-corrected chi connectivity index (χ3v) is 5.42. The van der Waals surface area contributed by atoms with Crippen LogP contribution >= 0.6 is 0 Å². The third kappa shape index (κ3) is 4.15. The topological polar surface area (TPSA) is 78.9 Å². The highest BCUT2D eigenvalue weighted by Crippen LogP contribution is 2.38. The maximum absolute atomic E-state index is 13.5. The lowest BCUT2D eigenvalue weighted by molar-refractivity contribution is 0.0599. The third-order valence-electron chi connectivity index (χ3n) is 5.42. The van der Waals surface area contributed by atoms with Gasteiger partial charge in [0.05, 0.1) is 25.3 Å². The molecule has 4 rings (SSSR count). The smallest absolute Gasteiger partial charge is 0.338 e. The molecule has 0 atom stereocenters. The summed E-state index contributed by atoms with van der Waals surface area (Å²) in [4.78, 5) is 39.2. The molecule has 0 aliphatic heterocycles. The summed E-state index contributed by atoms with van der Waals surface area (Å²) in [7, 11) is 2.70. The van der Waals surface area contributed by atoms with E-state index in [1.54, 1.807) is 37.3 Å². The molecule has 0 unspecified atom stereocenters. The van der Waals surface area contributed by atoms with Gasteiger partial charge in [-0.25, -0.2) is 4.79 Å². The van der Waals surface area contributed by atoms with Crippen molar-refractivity contribution in [3.05, 3.63) is 100 Å². The molecule has 0 heterocycles. The van der Waals surface area contributed by atoms with E-state index in [0.29, 0.717) is 11.5 Å². The van der Waals surface area contributed by atoms with Gasteiger partial charge in [-0.1, -0.05) is 42.5 Å². The molecule has 0 bridgehead atoms. The van der Waals surface area contributed by atoms with E-state index in [0.717, 1.165) is 11.1 Å². The van der Waals surface area contributed by atoms with Crippen LogP contribution in [0.4, 0.5) is 0 Å². The number of methoxy groups -OCH3 is 2. The Kier molecular flexibility index (Phi) is 6.09. The van der Waals surface area contributed by atoms with Crippen molar-refractivity contribution in [2.45, 2.75) is 13.5 Å². The minimum atomic E-state index is -0.626. The van der Waals surface area contributed by atoms with Crippen LogP contribution in [0.25, 0.3) is 5.57 Å². The van der Waals surface area contributed by atoms with Gasteiger partial charge in [0.1, 0.15) is 18.1 Å². The quantitative estimate of drug-likeness (QED) is 0.509. The van der Waals surface area contributed by atoms with Crippen LogP contribution in [-0.4, -0.2) is 31.8 Å². The highest BCUT2D eigenvalue weighted by Gasteiger charge is 2.33. The summed E-state index contributed by atoms with van der Waals surface area (Å²) in [5, 5.41) is 0. The zero-order chi connectivity index (χ0) is 23.5. The lowest BCUT2D eigenvalue weighted by Gasteiger charge is -2.21. The minimum Gasteiger partial charge on any atom is -0.496 e. The van der Waals surface area contributed by atoms with Gasteiger partial charge in [0.25, 0.3) is 0 Å². The van der Waals surface area contributed by atoms with Crippen LogP contribution in [0.15, 0.2) is 66.7 Å². The summed E-state index contributed by atoms with van der Waals surface area (Å²) in [5.74, 6) is -0.778. The number of benzene rings is 3. The predicted octanol–water partition coefficient (Wildman–Crippen LogP) is 4.83. The molecule has 166 valence electrons. The van der Waals surface area contributed by atoms with Crippen molar-refractivity contribution in [1.82, 2.24) is 0 Å². The summed E-state index contributed by atoms with van der Waals surface area (Å²) in [6.07, 6.45) is 1.24. The second-order valence-electron chi connectivity index (χ2n) is 7.59. The molecule has 33 heavy (non-hydrogen) atoms. The largest absolute Gasteiger partial charge is 0.496 e. The van der Waals surface area contributed by atoms with E-state index < -0.39 is 11.8 Å². The highest BCUT2D eigenvalue weighted by molar-refractivity contribution is 6.40. The van der Waals surface area contributed by atoms with Gasteiger partial charge in [-0.2, -0.15) is 0 Å². The fraction of sp³-hybridized carbons (Fsp3) is 0.148. The molecule has 1 aliphatic carbocycles. The molecule has 1 aliphatic rings. The Bertz CT molecular complexity index is 1290. The van der Waals surface area contributed by atoms with Crippen LogP contribution in [0.5, 0.6) is 11.5 Å². The number of hydrogen-bond donors (Lipinski definition) is 0. The highest BCUT2D eigenvalue weighted by atomic mass is 16.5. The number of esters is 1. The monoisotopic (exact) mass is 442 g/mol. The van der Waals surface area contributed by atoms with Crippen LogP contribution < -0.4 is 9.47 Å². The van der Waals surface area contributed by atoms with Crippen molar-refractivity contribution in [2.75, 3.05) is 14.2 Å². The Labute approximate surface area is 191 Å². The SMILES string of the molecule is COC(=O)c1cc(C)cc(OC)c1C1=CC(=O)c2c(OCc3ccccc3)cccc2C1=O. The second-order valence-corrected chi connectivity index (χ2v) is 7.59. The van der Waals surface area contributed by atoms with Crippen molar-refractivity contribution in [3.63, 3.8) is 0 Å². The first-order valence-corrected chi connectivity index (χ1v) is 10.3. The van der Waals surface area contributed by atoms with Gasteiger partial charge in [-0.3, -0.25) is 9.59 Å². The Balaban J connectivity index is 1.79. The van der Waals surface area contributed by atoms with Crippen LogP contribution in [0.3, 0.4) is 0 Å². The van der Waals surface area contributed by atoms with E-state index in [-0.39, 0.29) is 40.2 Å². The van der Waals surface area contributed by atoms with Crippen molar-refractivity contribution in [3.8, 4) is 11.5 Å². The van der Waals surface area contributed by atoms with Gasteiger partial charge in [-0.05, 0) is 42.3 Å². The first-order valence-electron chi connectivity index (χ1n) is 10.3. The number of hydrogen-bond acceptors (Lipinski definition) is 6. The minimum absolute atomic E-state index is 0.0740. The molecule has 0 saturated carbocycles. The van der Waals surface area contributed by atoms with Crippen LogP contribution in [-0.2, 0) is 11.3 Å². The standard InChI is InChI=1S/C27H22O6/c1-16-12-20(27(30)32-3)24(23(13-16)31-2)19-14-21(28)25-18(26(19)29)10-7-11-22(25)33-15-17-8-5-4-6-9-17/h4-14H,15H2,1-3H3. The van der Waals surface area contributed by atoms with Crippen molar-refractivity contribution < 1.29 is 28.6 Å². The van der Waals surface area contributed by atoms with E-state index >= 15 is 0 Å². The molecule has 0 spiro atoms. The van der Waals surface area contributed by atoms with Crippen LogP contribution in [0.2, 0.25) is 0 Å². The number of allylic oxidation sites excluding steroid dienone is 2. The van der Waals surface area contributed by atoms with Gasteiger partial charge in [-0.15, -0.1) is 0 Å². The number of rotatable bonds is 6. The lowest BCUT2D eigenvalue weighted by Crippen LogP contribution is -2.20. The van der Waals surface area contributed by atoms with Gasteiger partial charge < -0.3 is 14.2 Å². The first kappa shape index (κ1) is 22.0. The summed E-state index contributed by atoms with van der Waals surface area (Å²) >= 11 is 0. The Morgan fingerprint density at radius 3 is 2.33 bits per heavy atom. The molecule has 0 amide bonds. The zero-order valence-corrected chi connectivity index (χ0v) is 18.5. The molecule has 0 radical (unpaired) electrons. The fourth-order valence-electron chi connectivity index (χ4n) is 3.89. The molecule has 3 aromatic carbocycles. The maximum atomic E-state index is 13.5. The second kappa shape index (κ2) is 9.12. The van der Waals surface area contributed by atoms with Crippen LogP contribution in [0.1, 0.15) is 47.8 Å². The normalized spacial score (nSPS) is 12.6. The number of fused-ring (bicyclic) bond motifs is 1. The first-order chi connectivity index (χ1) is 15.9. The number of carbonyl (C=O) groups excluding carboxylic acids is 3. The van der Waals surface area contributed by atoms with Crippen molar-refractivity contribution in [2.24, 2.45) is 0 Å². The Morgan fingerprint density at radius 2 is 1.64 bits per heavy atom. The average molecular weight is 442 g/mol.